The summed E-state index contributed by atoms with van der Waals surface area (Å²) in [4.78, 5) is 4.27. The van der Waals surface area contributed by atoms with E-state index in [2.05, 4.69) is 32.9 Å². The lowest BCUT2D eigenvalue weighted by molar-refractivity contribution is 0.414. The Morgan fingerprint density at radius 2 is 1.97 bits per heavy atom. The molecule has 0 aliphatic carbocycles. The molecule has 0 bridgehead atoms. The van der Waals surface area contributed by atoms with Gasteiger partial charge >= 0.3 is 0 Å². The minimum absolute atomic E-state index is 0.651. The molecule has 3 rings (SSSR count). The maximum Gasteiger partial charge on any atom is 0.191 e. The molecule has 3 aromatic rings. The van der Waals surface area contributed by atoms with Crippen molar-refractivity contribution in [2.45, 2.75) is 19.5 Å². The molecular weight excluding hydrogens is 386 g/mol. The fourth-order valence-electron chi connectivity index (χ4n) is 2.93. The molecule has 0 unspecified atom stereocenters. The molecule has 2 aromatic carbocycles. The summed E-state index contributed by atoms with van der Waals surface area (Å²) in [6.07, 6.45) is 4.71. The van der Waals surface area contributed by atoms with Crippen LogP contribution in [0.25, 0.3) is 0 Å². The number of aromatic nitrogens is 2. The van der Waals surface area contributed by atoms with Crippen LogP contribution in [0, 0.1) is 0 Å². The van der Waals surface area contributed by atoms with Crippen LogP contribution >= 0.6 is 11.6 Å². The summed E-state index contributed by atoms with van der Waals surface area (Å²) in [6.45, 7) is 2.13. The average molecular weight is 412 g/mol. The van der Waals surface area contributed by atoms with E-state index in [1.54, 1.807) is 14.2 Å². The molecule has 0 radical (unpaired) electrons. The van der Waals surface area contributed by atoms with Gasteiger partial charge in [0.25, 0.3) is 0 Å². The van der Waals surface area contributed by atoms with Crippen LogP contribution in [0.4, 0.5) is 0 Å². The van der Waals surface area contributed by atoms with Crippen molar-refractivity contribution in [3.05, 3.63) is 82.6 Å². The number of halogens is 1. The summed E-state index contributed by atoms with van der Waals surface area (Å²) in [5.41, 5.74) is 3.39. The van der Waals surface area contributed by atoms with E-state index in [-0.39, 0.29) is 0 Å². The molecule has 29 heavy (non-hydrogen) atoms. The lowest BCUT2D eigenvalue weighted by Crippen LogP contribution is -2.37. The van der Waals surface area contributed by atoms with E-state index in [4.69, 9.17) is 16.3 Å². The molecule has 2 N–H and O–H groups in total. The fraction of sp³-hybridized carbons (Fsp3) is 0.273. The van der Waals surface area contributed by atoms with Gasteiger partial charge in [0.05, 0.1) is 19.9 Å². The standard InChI is InChI=1S/C22H26ClN5O/c1-24-22(25-11-10-19-8-9-20(29-2)12-21(19)23)26-13-18-14-27-28(16-18)15-17-6-4-3-5-7-17/h3-9,12,14,16H,10-11,13,15H2,1-2H3,(H2,24,25,26). The summed E-state index contributed by atoms with van der Waals surface area (Å²) >= 11 is 6.30. The number of aliphatic imine (C=N–C) groups is 1. The number of methoxy groups -OCH3 is 1. The van der Waals surface area contributed by atoms with Crippen LogP contribution in [0.15, 0.2) is 65.9 Å². The van der Waals surface area contributed by atoms with Gasteiger partial charge in [0.15, 0.2) is 5.96 Å². The Morgan fingerprint density at radius 1 is 1.14 bits per heavy atom. The van der Waals surface area contributed by atoms with Crippen molar-refractivity contribution in [2.75, 3.05) is 20.7 Å². The summed E-state index contributed by atoms with van der Waals surface area (Å²) in [7, 11) is 3.39. The van der Waals surface area contributed by atoms with Gasteiger partial charge in [0.1, 0.15) is 5.75 Å². The molecule has 7 heteroatoms. The van der Waals surface area contributed by atoms with E-state index in [0.29, 0.717) is 11.6 Å². The van der Waals surface area contributed by atoms with Crippen LogP contribution in [0.5, 0.6) is 5.75 Å². The molecule has 0 atom stereocenters. The number of nitrogens with zero attached hydrogens (tertiary/aromatic N) is 3. The topological polar surface area (TPSA) is 63.5 Å². The van der Waals surface area contributed by atoms with Crippen LogP contribution in [-0.2, 0) is 19.5 Å². The maximum atomic E-state index is 6.30. The third-order valence-electron chi connectivity index (χ3n) is 4.50. The highest BCUT2D eigenvalue weighted by molar-refractivity contribution is 6.31. The van der Waals surface area contributed by atoms with Gasteiger partial charge in [-0.3, -0.25) is 9.67 Å². The van der Waals surface area contributed by atoms with E-state index in [1.165, 1.54) is 5.56 Å². The number of benzene rings is 2. The van der Waals surface area contributed by atoms with E-state index in [0.717, 1.165) is 42.3 Å². The zero-order valence-corrected chi connectivity index (χ0v) is 17.5. The Balaban J connectivity index is 1.45. The number of hydrogen-bond acceptors (Lipinski definition) is 3. The first-order valence-corrected chi connectivity index (χ1v) is 9.88. The molecule has 0 saturated heterocycles. The highest BCUT2D eigenvalue weighted by atomic mass is 35.5. The van der Waals surface area contributed by atoms with Crippen molar-refractivity contribution in [1.82, 2.24) is 20.4 Å². The number of ether oxygens (including phenoxy) is 1. The van der Waals surface area contributed by atoms with Gasteiger partial charge in [-0.05, 0) is 29.7 Å². The third kappa shape index (κ3) is 6.26. The molecule has 0 amide bonds. The second-order valence-electron chi connectivity index (χ2n) is 6.59. The van der Waals surface area contributed by atoms with Crippen LogP contribution in [-0.4, -0.2) is 36.4 Å². The van der Waals surface area contributed by atoms with Crippen LogP contribution in [0.2, 0.25) is 5.02 Å². The van der Waals surface area contributed by atoms with Crippen molar-refractivity contribution in [3.8, 4) is 5.75 Å². The number of guanidine groups is 1. The monoisotopic (exact) mass is 411 g/mol. The van der Waals surface area contributed by atoms with Gasteiger partial charge in [0.2, 0.25) is 0 Å². The first kappa shape index (κ1) is 20.7. The van der Waals surface area contributed by atoms with Crippen LogP contribution in [0.3, 0.4) is 0 Å². The van der Waals surface area contributed by atoms with Crippen LogP contribution < -0.4 is 15.4 Å². The Kier molecular flexibility index (Phi) is 7.53. The molecule has 152 valence electrons. The summed E-state index contributed by atoms with van der Waals surface area (Å²) in [6, 6.07) is 16.0. The first-order valence-electron chi connectivity index (χ1n) is 9.50. The molecule has 0 aliphatic heterocycles. The predicted molar refractivity (Wildman–Crippen MR) is 118 cm³/mol. The summed E-state index contributed by atoms with van der Waals surface area (Å²) in [5.74, 6) is 1.50. The highest BCUT2D eigenvalue weighted by Crippen LogP contribution is 2.22. The lowest BCUT2D eigenvalue weighted by atomic mass is 10.1. The molecular formula is C22H26ClN5O. The van der Waals surface area contributed by atoms with Crippen molar-refractivity contribution >= 4 is 17.6 Å². The predicted octanol–water partition coefficient (Wildman–Crippen LogP) is 3.50. The maximum absolute atomic E-state index is 6.30. The summed E-state index contributed by atoms with van der Waals surface area (Å²) < 4.78 is 7.12. The Labute approximate surface area is 176 Å². The molecule has 0 saturated carbocycles. The van der Waals surface area contributed by atoms with Crippen molar-refractivity contribution < 1.29 is 4.74 Å². The minimum atomic E-state index is 0.651. The molecule has 0 aliphatic rings. The number of hydrogen-bond donors (Lipinski definition) is 2. The lowest BCUT2D eigenvalue weighted by Gasteiger charge is -2.12. The Bertz CT molecular complexity index is 939. The number of nitrogens with one attached hydrogen (secondary N) is 2. The quantitative estimate of drug-likeness (QED) is 0.440. The molecule has 1 aromatic heterocycles. The fourth-order valence-corrected chi connectivity index (χ4v) is 3.20. The third-order valence-corrected chi connectivity index (χ3v) is 4.86. The van der Waals surface area contributed by atoms with Gasteiger partial charge in [-0.15, -0.1) is 0 Å². The first-order chi connectivity index (χ1) is 14.2. The second kappa shape index (κ2) is 10.5. The van der Waals surface area contributed by atoms with Crippen LogP contribution in [0.1, 0.15) is 16.7 Å². The number of rotatable bonds is 8. The van der Waals surface area contributed by atoms with E-state index >= 15 is 0 Å². The molecule has 0 spiro atoms. The minimum Gasteiger partial charge on any atom is -0.497 e. The normalized spacial score (nSPS) is 11.3. The zero-order valence-electron chi connectivity index (χ0n) is 16.7. The zero-order chi connectivity index (χ0) is 20.5. The van der Waals surface area contributed by atoms with Gasteiger partial charge in [-0.1, -0.05) is 48.0 Å². The summed E-state index contributed by atoms with van der Waals surface area (Å²) in [5, 5.41) is 11.8. The highest BCUT2D eigenvalue weighted by Gasteiger charge is 2.05. The van der Waals surface area contributed by atoms with E-state index in [1.807, 2.05) is 53.5 Å². The molecule has 0 fully saturated rings. The van der Waals surface area contributed by atoms with Gasteiger partial charge in [-0.2, -0.15) is 5.10 Å². The molecule has 1 heterocycles. The largest absolute Gasteiger partial charge is 0.497 e. The van der Waals surface area contributed by atoms with Crippen molar-refractivity contribution in [2.24, 2.45) is 4.99 Å². The van der Waals surface area contributed by atoms with Gasteiger partial charge in [0, 0.05) is 36.9 Å². The Morgan fingerprint density at radius 3 is 2.69 bits per heavy atom. The van der Waals surface area contributed by atoms with Crippen molar-refractivity contribution in [1.29, 1.82) is 0 Å². The van der Waals surface area contributed by atoms with Gasteiger partial charge in [-0.25, -0.2) is 0 Å². The van der Waals surface area contributed by atoms with Gasteiger partial charge < -0.3 is 15.4 Å². The second-order valence-corrected chi connectivity index (χ2v) is 7.00. The van der Waals surface area contributed by atoms with E-state index < -0.39 is 0 Å². The van der Waals surface area contributed by atoms with Crippen molar-refractivity contribution in [3.63, 3.8) is 0 Å². The average Bonchev–Trinajstić information content (AvgIpc) is 3.19. The SMILES string of the molecule is CN=C(NCCc1ccc(OC)cc1Cl)NCc1cnn(Cc2ccccc2)c1. The molecule has 6 nitrogen and oxygen atoms in total. The smallest absolute Gasteiger partial charge is 0.191 e. The van der Waals surface area contributed by atoms with E-state index in [9.17, 15) is 0 Å². The Hall–Kier alpha value is -2.99.